The number of likely N-dealkylation sites (N-methyl/N-ethyl adjacent to an activating group) is 1. The first-order chi connectivity index (χ1) is 27.9. The van der Waals surface area contributed by atoms with Gasteiger partial charge in [0.05, 0.1) is 35.9 Å². The third kappa shape index (κ3) is 11.5. The van der Waals surface area contributed by atoms with Crippen LogP contribution in [0.25, 0.3) is 0 Å². The van der Waals surface area contributed by atoms with E-state index in [0.29, 0.717) is 19.5 Å². The maximum absolute atomic E-state index is 14.4. The fourth-order valence-electron chi connectivity index (χ4n) is 9.74. The minimum atomic E-state index is -1.83. The average molecular weight is 854 g/mol. The summed E-state index contributed by atoms with van der Waals surface area (Å²) in [6, 6.07) is 8.96. The molecule has 0 spiro atoms. The predicted molar refractivity (Wildman–Crippen MR) is 227 cm³/mol. The Morgan fingerprint density at radius 3 is 2.20 bits per heavy atom. The van der Waals surface area contributed by atoms with E-state index in [1.807, 2.05) is 70.1 Å². The fraction of sp³-hybridized carbons (Fsp3) is 0.844. The molecule has 7 N–H and O–H groups in total. The van der Waals surface area contributed by atoms with E-state index in [4.69, 9.17) is 28.4 Å². The number of hydrogen-bond acceptors (Lipinski definition) is 15. The third-order valence-corrected chi connectivity index (χ3v) is 13.8. The van der Waals surface area contributed by atoms with Crippen LogP contribution < -0.4 is 10.6 Å². The Balaban J connectivity index is 1.76. The molecule has 0 amide bonds. The van der Waals surface area contributed by atoms with Gasteiger partial charge in [0.15, 0.2) is 12.6 Å². The molecule has 18 atom stereocenters. The van der Waals surface area contributed by atoms with E-state index in [-0.39, 0.29) is 43.9 Å². The number of nitrogens with one attached hydrogen (secondary N) is 2. The molecule has 60 heavy (non-hydrogen) atoms. The summed E-state index contributed by atoms with van der Waals surface area (Å²) in [4.78, 5) is 16.3. The van der Waals surface area contributed by atoms with Crippen LogP contribution in [0.2, 0.25) is 0 Å². The largest absolute Gasteiger partial charge is 0.459 e. The van der Waals surface area contributed by atoms with Gasteiger partial charge in [0.25, 0.3) is 0 Å². The van der Waals surface area contributed by atoms with Crippen molar-refractivity contribution in [2.24, 2.45) is 17.8 Å². The molecule has 1 aromatic carbocycles. The van der Waals surface area contributed by atoms with Gasteiger partial charge in [-0.1, -0.05) is 51.1 Å². The Kier molecular flexibility index (Phi) is 17.6. The quantitative estimate of drug-likeness (QED) is 0.160. The highest BCUT2D eigenvalue weighted by molar-refractivity contribution is 5.73. The second-order valence-corrected chi connectivity index (χ2v) is 19.1. The summed E-state index contributed by atoms with van der Waals surface area (Å²) in [5.41, 5.74) is -5.05. The predicted octanol–water partition coefficient (Wildman–Crippen LogP) is 2.72. The van der Waals surface area contributed by atoms with Gasteiger partial charge in [-0.15, -0.1) is 0 Å². The van der Waals surface area contributed by atoms with Gasteiger partial charge in [0.2, 0.25) is 0 Å². The molecule has 0 saturated carbocycles. The van der Waals surface area contributed by atoms with Crippen molar-refractivity contribution in [2.45, 2.75) is 191 Å². The first kappa shape index (κ1) is 50.8. The summed E-state index contributed by atoms with van der Waals surface area (Å²) < 4.78 is 38.6. The minimum absolute atomic E-state index is 0.0653. The van der Waals surface area contributed by atoms with Gasteiger partial charge in [0.1, 0.15) is 35.1 Å². The molecule has 4 rings (SSSR count). The monoisotopic (exact) mass is 854 g/mol. The van der Waals surface area contributed by atoms with Crippen molar-refractivity contribution >= 4 is 5.97 Å². The molecule has 1 aromatic rings. The molecule has 15 heteroatoms. The zero-order valence-electron chi connectivity index (χ0n) is 38.5. The highest BCUT2D eigenvalue weighted by atomic mass is 16.7. The number of cyclic esters (lactones) is 1. The fourth-order valence-corrected chi connectivity index (χ4v) is 9.74. The third-order valence-electron chi connectivity index (χ3n) is 13.8. The number of esters is 1. The van der Waals surface area contributed by atoms with Crippen molar-refractivity contribution in [1.82, 2.24) is 15.5 Å². The van der Waals surface area contributed by atoms with Crippen molar-refractivity contribution < 1.29 is 58.7 Å². The topological polar surface area (TPSA) is 201 Å². The maximum atomic E-state index is 14.4. The summed E-state index contributed by atoms with van der Waals surface area (Å²) in [6.07, 6.45) is -7.80. The standard InChI is InChI=1S/C45H79N3O12/c1-14-34-44(10,53)38(50)30(6)47-23-26(2)21-42(8,52)39(60-41-36(49)33(48(11)12)20-27(3)56-41)28(4)37(29(5)40(51)58-34)59-35-22-43(9,55-13)45(54,31(7)57-35)25-46-24-32-18-16-15-17-19-32/h15-19,26-31,33-39,41,46-47,49-50,52-54H,14,20-25H2,1-13H3/t26-,27-,28+,29-,30-,31+,33+,34-,35+,36-,37+,38-,39-,41+,42+,43-,44-,45-/m1/s1. The lowest BCUT2D eigenvalue weighted by molar-refractivity contribution is -0.336. The summed E-state index contributed by atoms with van der Waals surface area (Å²) >= 11 is 0. The van der Waals surface area contributed by atoms with Crippen LogP contribution in [0.3, 0.4) is 0 Å². The lowest BCUT2D eigenvalue weighted by atomic mass is 9.75. The van der Waals surface area contributed by atoms with Crippen LogP contribution in [0.5, 0.6) is 0 Å². The summed E-state index contributed by atoms with van der Waals surface area (Å²) in [6.45, 7) is 18.6. The Morgan fingerprint density at radius 1 is 0.950 bits per heavy atom. The first-order valence-electron chi connectivity index (χ1n) is 22.0. The molecule has 0 aromatic heterocycles. The maximum Gasteiger partial charge on any atom is 0.311 e. The highest BCUT2D eigenvalue weighted by Crippen LogP contribution is 2.43. The molecular formula is C45H79N3O12. The normalized spacial score (nSPS) is 45.4. The van der Waals surface area contributed by atoms with E-state index in [2.05, 4.69) is 10.6 Å². The number of hydrogen-bond donors (Lipinski definition) is 7. The Hall–Kier alpha value is -1.83. The smallest absolute Gasteiger partial charge is 0.311 e. The summed E-state index contributed by atoms with van der Waals surface area (Å²) in [7, 11) is 5.30. The van der Waals surface area contributed by atoms with Gasteiger partial charge in [-0.25, -0.2) is 0 Å². The molecule has 15 nitrogen and oxygen atoms in total. The molecule has 0 radical (unpaired) electrons. The van der Waals surface area contributed by atoms with Gasteiger partial charge < -0.3 is 69.5 Å². The molecule has 3 aliphatic rings. The minimum Gasteiger partial charge on any atom is -0.459 e. The molecular weight excluding hydrogens is 775 g/mol. The molecule has 3 saturated heterocycles. The zero-order valence-corrected chi connectivity index (χ0v) is 38.5. The van der Waals surface area contributed by atoms with Crippen molar-refractivity contribution in [2.75, 3.05) is 34.3 Å². The van der Waals surface area contributed by atoms with Gasteiger partial charge in [-0.2, -0.15) is 0 Å². The van der Waals surface area contributed by atoms with E-state index in [9.17, 15) is 30.3 Å². The van der Waals surface area contributed by atoms with Crippen LogP contribution in [-0.4, -0.2) is 160 Å². The number of ether oxygens (including phenoxy) is 6. The summed E-state index contributed by atoms with van der Waals surface area (Å²) in [5, 5.41) is 66.3. The second kappa shape index (κ2) is 20.8. The van der Waals surface area contributed by atoms with Crippen LogP contribution >= 0.6 is 0 Å². The number of rotatable bonds is 11. The van der Waals surface area contributed by atoms with Gasteiger partial charge in [0, 0.05) is 44.6 Å². The van der Waals surface area contributed by atoms with Crippen LogP contribution in [0.1, 0.15) is 100 Å². The Labute approximate surface area is 358 Å². The number of nitrogens with zero attached hydrogens (tertiary/aromatic N) is 1. The first-order valence-corrected chi connectivity index (χ1v) is 22.0. The van der Waals surface area contributed by atoms with Gasteiger partial charge in [-0.3, -0.25) is 4.79 Å². The van der Waals surface area contributed by atoms with E-state index in [1.165, 1.54) is 14.0 Å². The molecule has 3 heterocycles. The highest BCUT2D eigenvalue weighted by Gasteiger charge is 2.58. The number of methoxy groups -OCH3 is 1. The molecule has 0 bridgehead atoms. The van der Waals surface area contributed by atoms with Crippen LogP contribution in [0, 0.1) is 17.8 Å². The zero-order chi connectivity index (χ0) is 45.0. The number of aliphatic hydroxyl groups is 5. The van der Waals surface area contributed by atoms with Gasteiger partial charge >= 0.3 is 5.97 Å². The van der Waals surface area contributed by atoms with E-state index < -0.39 is 95.5 Å². The lowest BCUT2D eigenvalue weighted by Crippen LogP contribution is -2.70. The number of carbonyl (C=O) groups is 1. The van der Waals surface area contributed by atoms with Crippen molar-refractivity contribution in [3.05, 3.63) is 35.9 Å². The number of carbonyl (C=O) groups excluding carboxylic acids is 1. The lowest BCUT2D eigenvalue weighted by Gasteiger charge is -2.53. The second-order valence-electron chi connectivity index (χ2n) is 19.1. The Morgan fingerprint density at radius 2 is 1.60 bits per heavy atom. The van der Waals surface area contributed by atoms with Crippen LogP contribution in [-0.2, 0) is 39.8 Å². The van der Waals surface area contributed by atoms with E-state index in [1.54, 1.807) is 41.5 Å². The van der Waals surface area contributed by atoms with Crippen molar-refractivity contribution in [1.29, 1.82) is 0 Å². The van der Waals surface area contributed by atoms with Crippen LogP contribution in [0.15, 0.2) is 30.3 Å². The van der Waals surface area contributed by atoms with Crippen molar-refractivity contribution in [3.8, 4) is 0 Å². The van der Waals surface area contributed by atoms with E-state index >= 15 is 0 Å². The molecule has 3 aliphatic heterocycles. The molecule has 346 valence electrons. The van der Waals surface area contributed by atoms with Gasteiger partial charge in [-0.05, 0) is 99.9 Å². The van der Waals surface area contributed by atoms with Crippen LogP contribution in [0.4, 0.5) is 0 Å². The summed E-state index contributed by atoms with van der Waals surface area (Å²) in [5.74, 6) is -2.72. The molecule has 0 aliphatic carbocycles. The van der Waals surface area contributed by atoms with E-state index in [0.717, 1.165) is 5.56 Å². The molecule has 0 unspecified atom stereocenters. The van der Waals surface area contributed by atoms with Crippen molar-refractivity contribution in [3.63, 3.8) is 0 Å². The molecule has 3 fully saturated rings. The Bertz CT molecular complexity index is 1490. The average Bonchev–Trinajstić information content (AvgIpc) is 3.19. The number of aliphatic hydroxyl groups excluding tert-OH is 2. The SMILES string of the molecule is CC[C@H]1OC(=O)[C@H](C)[C@@H](O[C@H]2C[C@@](C)(OC)[C@@](O)(CNCc3ccccc3)[C@H](C)O2)[C@H](C)[C@@H](O[C@@H]2O[C@H](C)C[C@H](N(C)C)[C@H]2O)[C@@](C)(O)C[C@@H](C)CN[C@H](C)[C@@H](O)[C@]1(C)O. The number of benzene rings is 1.